The smallest absolute Gasteiger partial charge is 0.410 e. The summed E-state index contributed by atoms with van der Waals surface area (Å²) in [6.45, 7) is 14.8. The van der Waals surface area contributed by atoms with E-state index in [1.165, 1.54) is 18.3 Å². The van der Waals surface area contributed by atoms with E-state index in [0.717, 1.165) is 4.88 Å². The van der Waals surface area contributed by atoms with Crippen LogP contribution in [-0.4, -0.2) is 45.7 Å². The molecule has 1 rings (SSSR count). The molecule has 0 aliphatic rings. The number of hydrogen-bond donors (Lipinski definition) is 1. The number of carbonyl (C=O) groups excluding carboxylic acids is 2. The first-order chi connectivity index (χ1) is 13.3. The van der Waals surface area contributed by atoms with Crippen molar-refractivity contribution in [3.63, 3.8) is 0 Å². The largest absolute Gasteiger partial charge is 0.455 e. The van der Waals surface area contributed by atoms with Crippen molar-refractivity contribution in [1.82, 2.24) is 9.88 Å². The van der Waals surface area contributed by atoms with Crippen LogP contribution in [0.2, 0.25) is 0 Å². The molecule has 0 aliphatic carbocycles. The van der Waals surface area contributed by atoms with Gasteiger partial charge in [0.05, 0.1) is 12.3 Å². The van der Waals surface area contributed by atoms with Crippen molar-refractivity contribution in [1.29, 1.82) is 0 Å². The van der Waals surface area contributed by atoms with Crippen LogP contribution in [0, 0.1) is 5.92 Å². The number of carbonyl (C=O) groups is 2. The Morgan fingerprint density at radius 3 is 2.17 bits per heavy atom. The average Bonchev–Trinajstić information content (AvgIpc) is 3.00. The summed E-state index contributed by atoms with van der Waals surface area (Å²) >= 11 is 1.44. The maximum Gasteiger partial charge on any atom is 0.410 e. The van der Waals surface area contributed by atoms with Crippen molar-refractivity contribution in [2.24, 2.45) is 5.92 Å². The molecule has 0 radical (unpaired) electrons. The minimum absolute atomic E-state index is 0.104. The Morgan fingerprint density at radius 2 is 1.79 bits per heavy atom. The Hall–Kier alpha value is -1.67. The number of esters is 1. The molecule has 2 unspecified atom stereocenters. The van der Waals surface area contributed by atoms with Crippen LogP contribution in [0.5, 0.6) is 0 Å². The molecule has 1 heterocycles. The van der Waals surface area contributed by atoms with Gasteiger partial charge in [-0.05, 0) is 32.6 Å². The molecule has 0 fully saturated rings. The standard InChI is InChI=1S/C21H36N2O5S/c1-12(2)16(23(9)20(26)28-21(6,7)8)10-17(27-14(5)25)19-22-15(11-24)18(29-19)13(3)4/h12-13,16-17,24H,10-11H2,1-9H3. The van der Waals surface area contributed by atoms with E-state index >= 15 is 0 Å². The molecule has 29 heavy (non-hydrogen) atoms. The molecule has 8 heteroatoms. The molecule has 7 nitrogen and oxygen atoms in total. The highest BCUT2D eigenvalue weighted by molar-refractivity contribution is 7.11. The van der Waals surface area contributed by atoms with Crippen molar-refractivity contribution >= 4 is 23.4 Å². The maximum absolute atomic E-state index is 12.6. The van der Waals surface area contributed by atoms with E-state index in [-0.39, 0.29) is 24.5 Å². The summed E-state index contributed by atoms with van der Waals surface area (Å²) < 4.78 is 11.1. The van der Waals surface area contributed by atoms with Gasteiger partial charge in [0.1, 0.15) is 10.6 Å². The van der Waals surface area contributed by atoms with E-state index in [1.54, 1.807) is 11.9 Å². The first-order valence-electron chi connectivity index (χ1n) is 10.00. The van der Waals surface area contributed by atoms with Crippen LogP contribution in [-0.2, 0) is 20.9 Å². The van der Waals surface area contributed by atoms with E-state index in [0.29, 0.717) is 17.1 Å². The summed E-state index contributed by atoms with van der Waals surface area (Å²) in [5, 5.41) is 10.3. The van der Waals surface area contributed by atoms with Gasteiger partial charge < -0.3 is 19.5 Å². The predicted octanol–water partition coefficient (Wildman–Crippen LogP) is 4.64. The number of ether oxygens (including phenoxy) is 2. The lowest BCUT2D eigenvalue weighted by Crippen LogP contribution is -2.44. The minimum Gasteiger partial charge on any atom is -0.455 e. The Morgan fingerprint density at radius 1 is 1.21 bits per heavy atom. The Kier molecular flexibility index (Phi) is 9.09. The number of aliphatic hydroxyl groups is 1. The zero-order valence-electron chi connectivity index (χ0n) is 19.1. The molecule has 1 aromatic rings. The Balaban J connectivity index is 3.19. The topological polar surface area (TPSA) is 89.0 Å². The lowest BCUT2D eigenvalue weighted by Gasteiger charge is -2.34. The van der Waals surface area contributed by atoms with Crippen LogP contribution >= 0.6 is 11.3 Å². The number of aromatic nitrogens is 1. The number of amides is 1. The first kappa shape index (κ1) is 25.4. The summed E-state index contributed by atoms with van der Waals surface area (Å²) in [6, 6.07) is -0.224. The fraction of sp³-hybridized carbons (Fsp3) is 0.762. The van der Waals surface area contributed by atoms with Crippen molar-refractivity contribution in [3.8, 4) is 0 Å². The molecule has 0 saturated heterocycles. The quantitative estimate of drug-likeness (QED) is 0.607. The van der Waals surface area contributed by atoms with Gasteiger partial charge in [0.15, 0.2) is 6.10 Å². The SMILES string of the molecule is CC(=O)OC(CC(C(C)C)N(C)C(=O)OC(C)(C)C)c1nc(CO)c(C(C)C)s1. The van der Waals surface area contributed by atoms with E-state index in [2.05, 4.69) is 4.98 Å². The number of nitrogens with zero attached hydrogens (tertiary/aromatic N) is 2. The molecular weight excluding hydrogens is 392 g/mol. The minimum atomic E-state index is -0.604. The summed E-state index contributed by atoms with van der Waals surface area (Å²) in [4.78, 5) is 31.4. The van der Waals surface area contributed by atoms with E-state index in [4.69, 9.17) is 9.47 Å². The van der Waals surface area contributed by atoms with Crippen molar-refractivity contribution < 1.29 is 24.2 Å². The van der Waals surface area contributed by atoms with Gasteiger partial charge in [-0.1, -0.05) is 27.7 Å². The summed E-state index contributed by atoms with van der Waals surface area (Å²) in [7, 11) is 1.70. The molecule has 0 spiro atoms. The van der Waals surface area contributed by atoms with E-state index in [9.17, 15) is 14.7 Å². The molecule has 1 N–H and O–H groups in total. The third-order valence-corrected chi connectivity index (χ3v) is 5.90. The van der Waals surface area contributed by atoms with Crippen LogP contribution in [0.15, 0.2) is 0 Å². The van der Waals surface area contributed by atoms with Crippen LogP contribution in [0.1, 0.15) is 89.4 Å². The first-order valence-corrected chi connectivity index (χ1v) is 10.8. The fourth-order valence-electron chi connectivity index (χ4n) is 3.05. The van der Waals surface area contributed by atoms with E-state index in [1.807, 2.05) is 48.5 Å². The maximum atomic E-state index is 12.6. The van der Waals surface area contributed by atoms with Crippen molar-refractivity contribution in [2.45, 2.75) is 92.1 Å². The monoisotopic (exact) mass is 428 g/mol. The van der Waals surface area contributed by atoms with Crippen LogP contribution in [0.4, 0.5) is 4.79 Å². The molecule has 166 valence electrons. The van der Waals surface area contributed by atoms with Gasteiger partial charge in [0, 0.05) is 31.3 Å². The van der Waals surface area contributed by atoms with Gasteiger partial charge in [-0.15, -0.1) is 11.3 Å². The average molecular weight is 429 g/mol. The summed E-state index contributed by atoms with van der Waals surface area (Å²) in [5.41, 5.74) is 0.0124. The normalized spacial score (nSPS) is 14.1. The highest BCUT2D eigenvalue weighted by Gasteiger charge is 2.33. The van der Waals surface area contributed by atoms with Crippen molar-refractivity contribution in [3.05, 3.63) is 15.6 Å². The van der Waals surface area contributed by atoms with Gasteiger partial charge in [0.25, 0.3) is 0 Å². The predicted molar refractivity (Wildman–Crippen MR) is 114 cm³/mol. The molecule has 2 atom stereocenters. The Bertz CT molecular complexity index is 694. The second-order valence-corrected chi connectivity index (χ2v) is 9.97. The summed E-state index contributed by atoms with van der Waals surface area (Å²) in [6.07, 6.45) is -0.633. The molecule has 1 aromatic heterocycles. The fourth-order valence-corrected chi connectivity index (χ4v) is 4.17. The molecule has 0 aliphatic heterocycles. The lowest BCUT2D eigenvalue weighted by molar-refractivity contribution is -0.147. The lowest BCUT2D eigenvalue weighted by atomic mass is 9.96. The number of thiazole rings is 1. The van der Waals surface area contributed by atoms with Gasteiger partial charge in [-0.25, -0.2) is 9.78 Å². The molecule has 0 aromatic carbocycles. The van der Waals surface area contributed by atoms with E-state index < -0.39 is 23.8 Å². The molecule has 1 amide bonds. The second kappa shape index (κ2) is 10.4. The number of aliphatic hydroxyl groups excluding tert-OH is 1. The highest BCUT2D eigenvalue weighted by atomic mass is 32.1. The van der Waals surface area contributed by atoms with Gasteiger partial charge in [0.2, 0.25) is 0 Å². The molecule has 0 bridgehead atoms. The van der Waals surface area contributed by atoms with Crippen molar-refractivity contribution in [2.75, 3.05) is 7.05 Å². The number of hydrogen-bond acceptors (Lipinski definition) is 7. The Labute approximate surface area is 178 Å². The van der Waals surface area contributed by atoms with Gasteiger partial charge in [-0.3, -0.25) is 4.79 Å². The highest BCUT2D eigenvalue weighted by Crippen LogP contribution is 2.35. The second-order valence-electron chi connectivity index (χ2n) is 8.91. The van der Waals surface area contributed by atoms with Gasteiger partial charge >= 0.3 is 12.1 Å². The summed E-state index contributed by atoms with van der Waals surface area (Å²) in [5.74, 6) is -0.108. The van der Waals surface area contributed by atoms with Crippen LogP contribution in [0.25, 0.3) is 0 Å². The third kappa shape index (κ3) is 7.59. The van der Waals surface area contributed by atoms with Crippen LogP contribution in [0.3, 0.4) is 0 Å². The zero-order chi connectivity index (χ0) is 22.5. The number of rotatable bonds is 8. The molecule has 0 saturated carbocycles. The third-order valence-electron chi connectivity index (χ3n) is 4.41. The molecular formula is C21H36N2O5S. The van der Waals surface area contributed by atoms with Crippen LogP contribution < -0.4 is 0 Å². The van der Waals surface area contributed by atoms with Gasteiger partial charge in [-0.2, -0.15) is 0 Å². The zero-order valence-corrected chi connectivity index (χ0v) is 19.9.